The molecule has 3 aromatic rings. The van der Waals surface area contributed by atoms with E-state index < -0.39 is 0 Å². The van der Waals surface area contributed by atoms with Gasteiger partial charge in [-0.3, -0.25) is 14.2 Å². The highest BCUT2D eigenvalue weighted by Gasteiger charge is 2.16. The monoisotopic (exact) mass is 473 g/mol. The molecular weight excluding hydrogens is 446 g/mol. The zero-order valence-corrected chi connectivity index (χ0v) is 20.3. The van der Waals surface area contributed by atoms with Gasteiger partial charge in [0.1, 0.15) is 0 Å². The van der Waals surface area contributed by atoms with Gasteiger partial charge >= 0.3 is 0 Å². The largest absolute Gasteiger partial charge is 0.383 e. The molecule has 8 heteroatoms. The summed E-state index contributed by atoms with van der Waals surface area (Å²) in [6.07, 6.45) is 1.04. The highest BCUT2D eigenvalue weighted by Crippen LogP contribution is 2.25. The lowest BCUT2D eigenvalue weighted by Gasteiger charge is -2.16. The van der Waals surface area contributed by atoms with Crippen LogP contribution in [-0.4, -0.2) is 41.0 Å². The molecule has 1 amide bonds. The molecule has 1 heterocycles. The number of thioether (sulfide) groups is 1. The maximum atomic E-state index is 13.4. The molecule has 0 aliphatic carbocycles. The van der Waals surface area contributed by atoms with Crippen LogP contribution in [-0.2, 0) is 9.53 Å². The molecule has 0 aliphatic heterocycles. The molecule has 1 aromatic heterocycles. The summed E-state index contributed by atoms with van der Waals surface area (Å²) in [6.45, 7) is 6.62. The highest BCUT2D eigenvalue weighted by atomic mass is 35.5. The van der Waals surface area contributed by atoms with Crippen molar-refractivity contribution in [3.63, 3.8) is 0 Å². The molecular formula is C24H28ClN3O3S. The molecule has 0 saturated heterocycles. The van der Waals surface area contributed by atoms with Crippen molar-refractivity contribution in [2.45, 2.75) is 44.3 Å². The highest BCUT2D eigenvalue weighted by molar-refractivity contribution is 7.99. The predicted octanol–water partition coefficient (Wildman–Crippen LogP) is 4.80. The van der Waals surface area contributed by atoms with Gasteiger partial charge in [-0.2, -0.15) is 0 Å². The van der Waals surface area contributed by atoms with E-state index in [0.717, 1.165) is 6.42 Å². The summed E-state index contributed by atoms with van der Waals surface area (Å²) >= 11 is 7.34. The SMILES string of the molecule is CCC(C)c1ccc(-n2c(SCC(=O)NC(C)COC)nc3cc(Cl)ccc3c2=O)cc1. The summed E-state index contributed by atoms with van der Waals surface area (Å²) in [5.41, 5.74) is 2.23. The maximum Gasteiger partial charge on any atom is 0.266 e. The molecule has 2 aromatic carbocycles. The third kappa shape index (κ3) is 5.71. The second-order valence-corrected chi connectivity index (χ2v) is 9.19. The number of benzene rings is 2. The molecule has 0 spiro atoms. The van der Waals surface area contributed by atoms with E-state index in [2.05, 4.69) is 24.1 Å². The number of nitrogens with zero attached hydrogens (tertiary/aromatic N) is 2. The first-order chi connectivity index (χ1) is 15.3. The van der Waals surface area contributed by atoms with Gasteiger partial charge in [0, 0.05) is 18.2 Å². The van der Waals surface area contributed by atoms with Crippen molar-refractivity contribution in [2.75, 3.05) is 19.5 Å². The van der Waals surface area contributed by atoms with E-state index in [4.69, 9.17) is 16.3 Å². The number of rotatable bonds is 9. The molecule has 32 heavy (non-hydrogen) atoms. The lowest BCUT2D eigenvalue weighted by molar-refractivity contribution is -0.119. The minimum atomic E-state index is -0.196. The fraction of sp³-hybridized carbons (Fsp3) is 0.375. The van der Waals surface area contributed by atoms with E-state index in [1.807, 2.05) is 31.2 Å². The molecule has 0 aliphatic rings. The number of ether oxygens (including phenoxy) is 1. The molecule has 0 bridgehead atoms. The average Bonchev–Trinajstić information content (AvgIpc) is 2.77. The maximum absolute atomic E-state index is 13.4. The van der Waals surface area contributed by atoms with Gasteiger partial charge in [-0.1, -0.05) is 49.3 Å². The van der Waals surface area contributed by atoms with Crippen molar-refractivity contribution in [2.24, 2.45) is 0 Å². The van der Waals surface area contributed by atoms with E-state index in [1.54, 1.807) is 29.9 Å². The Kier molecular flexibility index (Phi) is 8.34. The number of carbonyl (C=O) groups excluding carboxylic acids is 1. The normalized spacial score (nSPS) is 13.2. The number of fused-ring (bicyclic) bond motifs is 1. The molecule has 2 unspecified atom stereocenters. The van der Waals surface area contributed by atoms with Crippen LogP contribution in [0.5, 0.6) is 0 Å². The Balaban J connectivity index is 2.00. The van der Waals surface area contributed by atoms with Crippen molar-refractivity contribution in [3.05, 3.63) is 63.4 Å². The van der Waals surface area contributed by atoms with E-state index in [0.29, 0.717) is 39.3 Å². The first kappa shape index (κ1) is 24.3. The predicted molar refractivity (Wildman–Crippen MR) is 131 cm³/mol. The third-order valence-corrected chi connectivity index (χ3v) is 6.46. The summed E-state index contributed by atoms with van der Waals surface area (Å²) in [6, 6.07) is 12.9. The van der Waals surface area contributed by atoms with Crippen LogP contribution in [0.15, 0.2) is 52.4 Å². The molecule has 0 fully saturated rings. The smallest absolute Gasteiger partial charge is 0.266 e. The Bertz CT molecular complexity index is 1150. The van der Waals surface area contributed by atoms with Gasteiger partial charge in [0.25, 0.3) is 5.56 Å². The summed E-state index contributed by atoms with van der Waals surface area (Å²) < 4.78 is 6.62. The van der Waals surface area contributed by atoms with Crippen LogP contribution in [0.4, 0.5) is 0 Å². The van der Waals surface area contributed by atoms with Gasteiger partial charge in [0.15, 0.2) is 5.16 Å². The molecule has 6 nitrogen and oxygen atoms in total. The van der Waals surface area contributed by atoms with Gasteiger partial charge < -0.3 is 10.1 Å². The van der Waals surface area contributed by atoms with Crippen molar-refractivity contribution < 1.29 is 9.53 Å². The molecule has 1 N–H and O–H groups in total. The van der Waals surface area contributed by atoms with Gasteiger partial charge in [-0.15, -0.1) is 0 Å². The second kappa shape index (κ2) is 11.0. The first-order valence-corrected chi connectivity index (χ1v) is 11.9. The number of amides is 1. The van der Waals surface area contributed by atoms with Crippen LogP contribution in [0.1, 0.15) is 38.7 Å². The van der Waals surface area contributed by atoms with Gasteiger partial charge in [0.05, 0.1) is 29.0 Å². The Morgan fingerprint density at radius 1 is 1.22 bits per heavy atom. The quantitative estimate of drug-likeness (QED) is 0.357. The van der Waals surface area contributed by atoms with Gasteiger partial charge in [-0.25, -0.2) is 4.98 Å². The standard InChI is InChI=1S/C24H28ClN3O3S/c1-5-15(2)17-6-9-19(10-7-17)28-23(30)20-11-8-18(25)12-21(20)27-24(28)32-14-22(29)26-16(3)13-31-4/h6-12,15-16H,5,13-14H2,1-4H3,(H,26,29). The minimum Gasteiger partial charge on any atom is -0.383 e. The minimum absolute atomic E-state index is 0.105. The molecule has 2 atom stereocenters. The summed E-state index contributed by atoms with van der Waals surface area (Å²) in [5.74, 6) is 0.403. The fourth-order valence-corrected chi connectivity index (χ4v) is 4.38. The number of hydrogen-bond donors (Lipinski definition) is 1. The van der Waals surface area contributed by atoms with Crippen LogP contribution in [0.25, 0.3) is 16.6 Å². The Morgan fingerprint density at radius 3 is 2.59 bits per heavy atom. The fourth-order valence-electron chi connectivity index (χ4n) is 3.39. The van der Waals surface area contributed by atoms with E-state index >= 15 is 0 Å². The van der Waals surface area contributed by atoms with Crippen LogP contribution in [0.2, 0.25) is 5.02 Å². The Labute approximate surface area is 197 Å². The number of carbonyl (C=O) groups is 1. The second-order valence-electron chi connectivity index (χ2n) is 7.81. The summed E-state index contributed by atoms with van der Waals surface area (Å²) in [7, 11) is 1.59. The zero-order valence-electron chi connectivity index (χ0n) is 18.7. The van der Waals surface area contributed by atoms with Crippen molar-refractivity contribution in [1.29, 1.82) is 0 Å². The third-order valence-electron chi connectivity index (χ3n) is 5.29. The van der Waals surface area contributed by atoms with Crippen molar-refractivity contribution in [1.82, 2.24) is 14.9 Å². The van der Waals surface area contributed by atoms with E-state index in [1.165, 1.54) is 17.3 Å². The van der Waals surface area contributed by atoms with E-state index in [9.17, 15) is 9.59 Å². The van der Waals surface area contributed by atoms with Crippen molar-refractivity contribution >= 4 is 40.2 Å². The molecule has 170 valence electrons. The Hall–Kier alpha value is -2.35. The van der Waals surface area contributed by atoms with Crippen LogP contribution in [0, 0.1) is 0 Å². The number of aromatic nitrogens is 2. The molecule has 3 rings (SSSR count). The number of methoxy groups -OCH3 is 1. The van der Waals surface area contributed by atoms with Crippen LogP contribution in [0.3, 0.4) is 0 Å². The van der Waals surface area contributed by atoms with Gasteiger partial charge in [-0.05, 0) is 55.2 Å². The topological polar surface area (TPSA) is 73.2 Å². The Morgan fingerprint density at radius 2 is 1.94 bits per heavy atom. The van der Waals surface area contributed by atoms with Gasteiger partial charge in [0.2, 0.25) is 5.91 Å². The lowest BCUT2D eigenvalue weighted by Crippen LogP contribution is -2.36. The van der Waals surface area contributed by atoms with Crippen LogP contribution >= 0.6 is 23.4 Å². The number of halogens is 1. The molecule has 0 radical (unpaired) electrons. The van der Waals surface area contributed by atoms with E-state index in [-0.39, 0.29) is 23.3 Å². The molecule has 0 saturated carbocycles. The lowest BCUT2D eigenvalue weighted by atomic mass is 9.98. The zero-order chi connectivity index (χ0) is 23.3. The average molecular weight is 474 g/mol. The number of hydrogen-bond acceptors (Lipinski definition) is 5. The first-order valence-electron chi connectivity index (χ1n) is 10.6. The summed E-state index contributed by atoms with van der Waals surface area (Å²) in [4.78, 5) is 30.4. The summed E-state index contributed by atoms with van der Waals surface area (Å²) in [5, 5.41) is 4.29. The van der Waals surface area contributed by atoms with Crippen LogP contribution < -0.4 is 10.9 Å². The number of nitrogens with one attached hydrogen (secondary N) is 1. The van der Waals surface area contributed by atoms with Crippen molar-refractivity contribution in [3.8, 4) is 5.69 Å².